The van der Waals surface area contributed by atoms with E-state index in [1.807, 2.05) is 18.2 Å². The summed E-state index contributed by atoms with van der Waals surface area (Å²) in [6.45, 7) is 4.79. The van der Waals surface area contributed by atoms with Crippen molar-refractivity contribution in [3.8, 4) is 0 Å². The number of esters is 1. The maximum Gasteiger partial charge on any atom is 0.330 e. The van der Waals surface area contributed by atoms with E-state index in [4.69, 9.17) is 10.5 Å². The number of carbonyl (C=O) groups excluding carboxylic acids is 1. The van der Waals surface area contributed by atoms with E-state index in [1.54, 1.807) is 6.92 Å². The fraction of sp³-hybridized carbons (Fsp3) is 0.400. The van der Waals surface area contributed by atoms with Gasteiger partial charge >= 0.3 is 5.97 Å². The highest BCUT2D eigenvalue weighted by Crippen LogP contribution is 2.23. The van der Waals surface area contributed by atoms with Crippen LogP contribution in [0.1, 0.15) is 18.1 Å². The lowest BCUT2D eigenvalue weighted by atomic mass is 9.98. The smallest absolute Gasteiger partial charge is 0.330 e. The largest absolute Gasteiger partial charge is 0.463 e. The second-order valence-corrected chi connectivity index (χ2v) is 4.62. The van der Waals surface area contributed by atoms with Crippen molar-refractivity contribution in [1.29, 1.82) is 0 Å². The number of rotatable bonds is 4. The zero-order valence-corrected chi connectivity index (χ0v) is 11.3. The van der Waals surface area contributed by atoms with Crippen LogP contribution in [0, 0.1) is 0 Å². The first-order valence-corrected chi connectivity index (χ1v) is 6.62. The summed E-state index contributed by atoms with van der Waals surface area (Å²) in [5, 5.41) is 0. The Hall–Kier alpha value is -1.81. The second kappa shape index (κ2) is 6.38. The summed E-state index contributed by atoms with van der Waals surface area (Å²) in [6, 6.07) is 6.08. The summed E-state index contributed by atoms with van der Waals surface area (Å²) < 4.78 is 4.84. The summed E-state index contributed by atoms with van der Waals surface area (Å²) in [7, 11) is 0. The highest BCUT2D eigenvalue weighted by atomic mass is 16.5. The fourth-order valence-electron chi connectivity index (χ4n) is 2.31. The molecule has 2 N–H and O–H groups in total. The van der Waals surface area contributed by atoms with Crippen molar-refractivity contribution >= 4 is 11.7 Å². The van der Waals surface area contributed by atoms with Crippen molar-refractivity contribution in [3.05, 3.63) is 41.5 Å². The van der Waals surface area contributed by atoms with Gasteiger partial charge in [-0.2, -0.15) is 0 Å². The van der Waals surface area contributed by atoms with Gasteiger partial charge in [-0.25, -0.2) is 4.79 Å². The van der Waals surface area contributed by atoms with Crippen LogP contribution in [0.2, 0.25) is 0 Å². The molecule has 4 heteroatoms. The summed E-state index contributed by atoms with van der Waals surface area (Å²) in [6.07, 6.45) is 4.35. The third-order valence-corrected chi connectivity index (χ3v) is 3.29. The van der Waals surface area contributed by atoms with Gasteiger partial charge in [0.25, 0.3) is 0 Å². The highest BCUT2D eigenvalue weighted by molar-refractivity contribution is 5.81. The minimum Gasteiger partial charge on any atom is -0.463 e. The van der Waals surface area contributed by atoms with Gasteiger partial charge in [0.2, 0.25) is 0 Å². The SMILES string of the molecule is CCOC(=O)/C=C/CN1CCc2cccc(N)c2C1. The number of fused-ring (bicyclic) bond motifs is 1. The first kappa shape index (κ1) is 13.6. The van der Waals surface area contributed by atoms with Crippen LogP contribution in [0.25, 0.3) is 0 Å². The number of ether oxygens (including phenoxy) is 1. The molecule has 1 heterocycles. The molecule has 0 atom stereocenters. The Morgan fingerprint density at radius 3 is 3.16 bits per heavy atom. The zero-order chi connectivity index (χ0) is 13.7. The molecule has 2 rings (SSSR count). The third-order valence-electron chi connectivity index (χ3n) is 3.29. The van der Waals surface area contributed by atoms with Crippen LogP contribution in [0.4, 0.5) is 5.69 Å². The molecule has 1 aliphatic rings. The zero-order valence-electron chi connectivity index (χ0n) is 11.3. The van der Waals surface area contributed by atoms with E-state index in [0.29, 0.717) is 6.61 Å². The van der Waals surface area contributed by atoms with Crippen LogP contribution < -0.4 is 5.73 Å². The second-order valence-electron chi connectivity index (χ2n) is 4.62. The van der Waals surface area contributed by atoms with E-state index >= 15 is 0 Å². The Bertz CT molecular complexity index is 483. The van der Waals surface area contributed by atoms with E-state index in [9.17, 15) is 4.79 Å². The normalized spacial score (nSPS) is 15.4. The van der Waals surface area contributed by atoms with Gasteiger partial charge in [-0.1, -0.05) is 18.2 Å². The van der Waals surface area contributed by atoms with Crippen LogP contribution in [-0.2, 0) is 22.5 Å². The van der Waals surface area contributed by atoms with Crippen LogP contribution in [-0.4, -0.2) is 30.6 Å². The monoisotopic (exact) mass is 260 g/mol. The van der Waals surface area contributed by atoms with Crippen molar-refractivity contribution in [2.75, 3.05) is 25.4 Å². The molecule has 0 saturated carbocycles. The quantitative estimate of drug-likeness (QED) is 0.509. The van der Waals surface area contributed by atoms with Gasteiger partial charge in [0.05, 0.1) is 6.61 Å². The average molecular weight is 260 g/mol. The highest BCUT2D eigenvalue weighted by Gasteiger charge is 2.16. The summed E-state index contributed by atoms with van der Waals surface area (Å²) >= 11 is 0. The van der Waals surface area contributed by atoms with Crippen molar-refractivity contribution in [3.63, 3.8) is 0 Å². The number of nitrogens with two attached hydrogens (primary N) is 1. The van der Waals surface area contributed by atoms with Gasteiger partial charge < -0.3 is 10.5 Å². The molecule has 4 nitrogen and oxygen atoms in total. The standard InChI is InChI=1S/C15H20N2O2/c1-2-19-15(18)7-4-9-17-10-8-12-5-3-6-14(16)13(12)11-17/h3-7H,2,8-11,16H2,1H3/b7-4+. The molecule has 19 heavy (non-hydrogen) atoms. The number of hydrogen-bond donors (Lipinski definition) is 1. The first-order chi connectivity index (χ1) is 9.20. The maximum atomic E-state index is 11.2. The number of hydrogen-bond acceptors (Lipinski definition) is 4. The maximum absolute atomic E-state index is 11.2. The fourth-order valence-corrected chi connectivity index (χ4v) is 2.31. The molecule has 0 unspecified atom stereocenters. The van der Waals surface area contributed by atoms with E-state index in [1.165, 1.54) is 17.2 Å². The molecule has 0 fully saturated rings. The molecule has 1 aliphatic heterocycles. The Kier molecular flexibility index (Phi) is 4.58. The predicted octanol–water partition coefficient (Wildman–Crippen LogP) is 1.75. The van der Waals surface area contributed by atoms with Gasteiger partial charge in [0.1, 0.15) is 0 Å². The first-order valence-electron chi connectivity index (χ1n) is 6.62. The van der Waals surface area contributed by atoms with Gasteiger partial charge in [0.15, 0.2) is 0 Å². The molecule has 0 aromatic heterocycles. The van der Waals surface area contributed by atoms with E-state index in [-0.39, 0.29) is 5.97 Å². The Morgan fingerprint density at radius 2 is 2.37 bits per heavy atom. The molecule has 102 valence electrons. The van der Waals surface area contributed by atoms with Crippen molar-refractivity contribution in [2.45, 2.75) is 19.9 Å². The molecule has 0 saturated heterocycles. The van der Waals surface area contributed by atoms with Gasteiger partial charge in [0, 0.05) is 31.4 Å². The molecule has 0 bridgehead atoms. The lowest BCUT2D eigenvalue weighted by Gasteiger charge is -2.28. The van der Waals surface area contributed by atoms with Crippen LogP contribution in [0.15, 0.2) is 30.4 Å². The number of carbonyl (C=O) groups is 1. The average Bonchev–Trinajstić information content (AvgIpc) is 2.40. The number of anilines is 1. The number of nitrogens with zero attached hydrogens (tertiary/aromatic N) is 1. The van der Waals surface area contributed by atoms with Gasteiger partial charge in [-0.15, -0.1) is 0 Å². The van der Waals surface area contributed by atoms with Crippen LogP contribution in [0.3, 0.4) is 0 Å². The van der Waals surface area contributed by atoms with Crippen molar-refractivity contribution < 1.29 is 9.53 Å². The summed E-state index contributed by atoms with van der Waals surface area (Å²) in [4.78, 5) is 13.5. The van der Waals surface area contributed by atoms with E-state index in [2.05, 4.69) is 11.0 Å². The van der Waals surface area contributed by atoms with Gasteiger partial charge in [-0.05, 0) is 30.5 Å². The lowest BCUT2D eigenvalue weighted by molar-refractivity contribution is -0.137. The van der Waals surface area contributed by atoms with Gasteiger partial charge in [-0.3, -0.25) is 4.90 Å². The van der Waals surface area contributed by atoms with E-state index < -0.39 is 0 Å². The molecular weight excluding hydrogens is 240 g/mol. The molecule has 1 aromatic rings. The minimum atomic E-state index is -0.278. The van der Waals surface area contributed by atoms with Crippen LogP contribution in [0.5, 0.6) is 0 Å². The third kappa shape index (κ3) is 3.58. The molecule has 1 aromatic carbocycles. The number of benzene rings is 1. The topological polar surface area (TPSA) is 55.6 Å². The summed E-state index contributed by atoms with van der Waals surface area (Å²) in [5.41, 5.74) is 9.42. The van der Waals surface area contributed by atoms with E-state index in [0.717, 1.165) is 31.7 Å². The molecule has 0 radical (unpaired) electrons. The van der Waals surface area contributed by atoms with Crippen molar-refractivity contribution in [2.24, 2.45) is 0 Å². The molecule has 0 spiro atoms. The molecular formula is C15H20N2O2. The Morgan fingerprint density at radius 1 is 1.53 bits per heavy atom. The Balaban J connectivity index is 1.92. The molecule has 0 aliphatic carbocycles. The summed E-state index contributed by atoms with van der Waals surface area (Å²) in [5.74, 6) is -0.278. The predicted molar refractivity (Wildman–Crippen MR) is 75.6 cm³/mol. The minimum absolute atomic E-state index is 0.278. The molecule has 0 amide bonds. The van der Waals surface area contributed by atoms with Crippen LogP contribution >= 0.6 is 0 Å². The number of nitrogen functional groups attached to an aromatic ring is 1. The van der Waals surface area contributed by atoms with Crippen molar-refractivity contribution in [1.82, 2.24) is 4.90 Å². The lowest BCUT2D eigenvalue weighted by Crippen LogP contribution is -2.31. The Labute approximate surface area is 113 Å².